The fraction of sp³-hybridized carbons (Fsp3) is 0.111. The van der Waals surface area contributed by atoms with Crippen LogP contribution in [0.15, 0.2) is 89.0 Å². The van der Waals surface area contributed by atoms with E-state index in [2.05, 4.69) is 20.9 Å². The van der Waals surface area contributed by atoms with Crippen LogP contribution in [-0.2, 0) is 16.0 Å². The fourth-order valence-electron chi connectivity index (χ4n) is 4.46. The van der Waals surface area contributed by atoms with Gasteiger partial charge in [0.25, 0.3) is 11.7 Å². The third-order valence-corrected chi connectivity index (χ3v) is 6.69. The Morgan fingerprint density at radius 2 is 1.68 bits per heavy atom. The lowest BCUT2D eigenvalue weighted by atomic mass is 9.95. The van der Waals surface area contributed by atoms with Gasteiger partial charge in [0, 0.05) is 33.7 Å². The Kier molecular flexibility index (Phi) is 5.71. The summed E-state index contributed by atoms with van der Waals surface area (Å²) in [5, 5.41) is 21.9. The van der Waals surface area contributed by atoms with Gasteiger partial charge in [0.15, 0.2) is 0 Å². The monoisotopic (exact) mass is 516 g/mol. The Bertz CT molecular complexity index is 1420. The molecule has 1 aliphatic heterocycles. The maximum atomic E-state index is 13.1. The molecule has 1 atom stereocenters. The number of aromatic hydroxyl groups is 1. The van der Waals surface area contributed by atoms with E-state index in [4.69, 9.17) is 0 Å². The van der Waals surface area contributed by atoms with Gasteiger partial charge < -0.3 is 20.1 Å². The number of benzene rings is 3. The van der Waals surface area contributed by atoms with Crippen molar-refractivity contribution < 1.29 is 19.8 Å². The predicted octanol–water partition coefficient (Wildman–Crippen LogP) is 5.30. The van der Waals surface area contributed by atoms with Crippen LogP contribution in [0.25, 0.3) is 16.7 Å². The van der Waals surface area contributed by atoms with Crippen molar-refractivity contribution in [3.8, 4) is 5.75 Å². The van der Waals surface area contributed by atoms with Gasteiger partial charge in [0.1, 0.15) is 11.5 Å². The van der Waals surface area contributed by atoms with E-state index < -0.39 is 17.7 Å². The number of aromatic amines is 1. The highest BCUT2D eigenvalue weighted by Crippen LogP contribution is 2.40. The number of rotatable bonds is 5. The first-order chi connectivity index (χ1) is 16.4. The third-order valence-electron chi connectivity index (χ3n) is 6.16. The van der Waals surface area contributed by atoms with E-state index in [9.17, 15) is 19.8 Å². The molecule has 2 heterocycles. The average molecular weight is 517 g/mol. The van der Waals surface area contributed by atoms with E-state index in [-0.39, 0.29) is 23.6 Å². The zero-order valence-corrected chi connectivity index (χ0v) is 19.6. The van der Waals surface area contributed by atoms with Crippen molar-refractivity contribution in [3.63, 3.8) is 0 Å². The number of carbonyl (C=O) groups excluding carboxylic acids is 2. The second-order valence-corrected chi connectivity index (χ2v) is 9.12. The molecule has 3 aromatic carbocycles. The van der Waals surface area contributed by atoms with Crippen LogP contribution in [0.1, 0.15) is 22.7 Å². The minimum Gasteiger partial charge on any atom is -0.508 e. The van der Waals surface area contributed by atoms with E-state index in [0.29, 0.717) is 17.5 Å². The number of likely N-dealkylation sites (tertiary alicyclic amines) is 1. The topological polar surface area (TPSA) is 93.6 Å². The molecule has 3 N–H and O–H groups in total. The lowest BCUT2D eigenvalue weighted by Gasteiger charge is -2.25. The number of fused-ring (bicyclic) bond motifs is 1. The molecule has 1 saturated heterocycles. The normalized spacial score (nSPS) is 17.6. The highest BCUT2D eigenvalue weighted by atomic mass is 79.9. The Labute approximate surface area is 204 Å². The summed E-state index contributed by atoms with van der Waals surface area (Å²) in [4.78, 5) is 31.0. The minimum atomic E-state index is -0.769. The van der Waals surface area contributed by atoms with Crippen LogP contribution in [0.5, 0.6) is 5.75 Å². The van der Waals surface area contributed by atoms with Crippen molar-refractivity contribution in [3.05, 3.63) is 106 Å². The quantitative estimate of drug-likeness (QED) is 0.190. The van der Waals surface area contributed by atoms with Crippen molar-refractivity contribution >= 4 is 44.3 Å². The van der Waals surface area contributed by atoms with Gasteiger partial charge in [0.2, 0.25) is 0 Å². The Morgan fingerprint density at radius 3 is 2.41 bits per heavy atom. The number of hydrogen-bond acceptors (Lipinski definition) is 4. The molecule has 5 rings (SSSR count). The number of nitrogens with zero attached hydrogens (tertiary/aromatic N) is 1. The third kappa shape index (κ3) is 3.88. The maximum Gasteiger partial charge on any atom is 0.295 e. The molecule has 0 aliphatic carbocycles. The summed E-state index contributed by atoms with van der Waals surface area (Å²) in [7, 11) is 0. The summed E-state index contributed by atoms with van der Waals surface area (Å²) >= 11 is 3.37. The highest BCUT2D eigenvalue weighted by Gasteiger charge is 2.45. The van der Waals surface area contributed by atoms with E-state index in [0.717, 1.165) is 20.9 Å². The number of hydrogen-bond donors (Lipinski definition) is 3. The van der Waals surface area contributed by atoms with E-state index >= 15 is 0 Å². The predicted molar refractivity (Wildman–Crippen MR) is 133 cm³/mol. The van der Waals surface area contributed by atoms with Gasteiger partial charge in [-0.2, -0.15) is 0 Å². The number of aromatic nitrogens is 1. The first kappa shape index (κ1) is 22.0. The van der Waals surface area contributed by atoms with Crippen molar-refractivity contribution in [1.29, 1.82) is 0 Å². The summed E-state index contributed by atoms with van der Waals surface area (Å²) < 4.78 is 0.832. The molecule has 0 bridgehead atoms. The SMILES string of the molecule is O=C1C(=O)N(CCc2c[nH]c3ccccc23)C(c2ccc(O)cc2)C1=C(O)c1ccc(Br)cc1. The molecule has 1 aromatic heterocycles. The van der Waals surface area contributed by atoms with Crippen molar-refractivity contribution in [1.82, 2.24) is 9.88 Å². The van der Waals surface area contributed by atoms with Gasteiger partial charge in [-0.15, -0.1) is 0 Å². The van der Waals surface area contributed by atoms with Crippen LogP contribution in [-0.4, -0.2) is 38.3 Å². The van der Waals surface area contributed by atoms with Crippen LogP contribution < -0.4 is 0 Å². The number of aliphatic hydroxyl groups excluding tert-OH is 1. The number of ketones is 1. The van der Waals surface area contributed by atoms with E-state index in [1.807, 2.05) is 30.5 Å². The van der Waals surface area contributed by atoms with Crippen LogP contribution in [0.4, 0.5) is 0 Å². The molecule has 1 amide bonds. The lowest BCUT2D eigenvalue weighted by molar-refractivity contribution is -0.139. The number of Topliss-reactive ketones (excluding diaryl/α,β-unsaturated/α-hetero) is 1. The van der Waals surface area contributed by atoms with Crippen LogP contribution in [0, 0.1) is 0 Å². The Hall–Kier alpha value is -3.84. The number of amides is 1. The number of carbonyl (C=O) groups is 2. The smallest absolute Gasteiger partial charge is 0.295 e. The van der Waals surface area contributed by atoms with Gasteiger partial charge in [-0.3, -0.25) is 9.59 Å². The maximum absolute atomic E-state index is 13.1. The molecule has 0 saturated carbocycles. The van der Waals surface area contributed by atoms with E-state index in [1.165, 1.54) is 17.0 Å². The lowest BCUT2D eigenvalue weighted by Crippen LogP contribution is -2.31. The number of aliphatic hydroxyl groups is 1. The number of H-pyrrole nitrogens is 1. The zero-order valence-electron chi connectivity index (χ0n) is 18.0. The van der Waals surface area contributed by atoms with Crippen molar-refractivity contribution in [2.24, 2.45) is 0 Å². The first-order valence-electron chi connectivity index (χ1n) is 10.8. The van der Waals surface area contributed by atoms with E-state index in [1.54, 1.807) is 36.4 Å². The van der Waals surface area contributed by atoms with Crippen molar-refractivity contribution in [2.45, 2.75) is 12.5 Å². The Balaban J connectivity index is 1.56. The molecule has 7 heteroatoms. The molecule has 1 unspecified atom stereocenters. The number of halogens is 1. The van der Waals surface area contributed by atoms with Gasteiger partial charge in [-0.05, 0) is 47.9 Å². The second kappa shape index (κ2) is 8.83. The molecule has 0 radical (unpaired) electrons. The molecule has 1 fully saturated rings. The highest BCUT2D eigenvalue weighted by molar-refractivity contribution is 9.10. The van der Waals surface area contributed by atoms with Crippen LogP contribution in [0.3, 0.4) is 0 Å². The number of nitrogens with one attached hydrogen (secondary N) is 1. The number of phenolic OH excluding ortho intramolecular Hbond substituents is 1. The molecule has 170 valence electrons. The molecule has 4 aromatic rings. The fourth-order valence-corrected chi connectivity index (χ4v) is 4.72. The Morgan fingerprint density at radius 1 is 0.971 bits per heavy atom. The summed E-state index contributed by atoms with van der Waals surface area (Å²) in [6.07, 6.45) is 2.45. The summed E-state index contributed by atoms with van der Waals surface area (Å²) in [5.41, 5.74) is 3.16. The van der Waals surface area contributed by atoms with Gasteiger partial charge in [0.05, 0.1) is 11.6 Å². The van der Waals surface area contributed by atoms with Gasteiger partial charge in [-0.1, -0.05) is 58.4 Å². The summed E-state index contributed by atoms with van der Waals surface area (Å²) in [5.74, 6) is -1.53. The second-order valence-electron chi connectivity index (χ2n) is 8.20. The molecular weight excluding hydrogens is 496 g/mol. The summed E-state index contributed by atoms with van der Waals surface area (Å²) in [6.45, 7) is 0.287. The molecule has 0 spiro atoms. The number of para-hydroxylation sites is 1. The standard InChI is InChI=1S/C27H21BrN2O4/c28-19-9-5-17(6-10-19)25(32)23-24(16-7-11-20(31)12-8-16)30(27(34)26(23)33)14-13-18-15-29-22-4-2-1-3-21(18)22/h1-12,15,24,29,31-32H,13-14H2. The number of phenols is 1. The first-order valence-corrected chi connectivity index (χ1v) is 11.6. The largest absolute Gasteiger partial charge is 0.508 e. The van der Waals surface area contributed by atoms with Gasteiger partial charge >= 0.3 is 0 Å². The van der Waals surface area contributed by atoms with Gasteiger partial charge in [-0.25, -0.2) is 0 Å². The molecule has 6 nitrogen and oxygen atoms in total. The summed E-state index contributed by atoms with van der Waals surface area (Å²) in [6, 6.07) is 20.4. The van der Waals surface area contributed by atoms with Crippen LogP contribution in [0.2, 0.25) is 0 Å². The zero-order chi connectivity index (χ0) is 23.8. The molecule has 1 aliphatic rings. The van der Waals surface area contributed by atoms with Crippen LogP contribution >= 0.6 is 15.9 Å². The average Bonchev–Trinajstić information content (AvgIpc) is 3.37. The minimum absolute atomic E-state index is 0.0388. The molecular formula is C27H21BrN2O4. The molecule has 34 heavy (non-hydrogen) atoms. The van der Waals surface area contributed by atoms with Crippen molar-refractivity contribution in [2.75, 3.05) is 6.54 Å².